The summed E-state index contributed by atoms with van der Waals surface area (Å²) in [5, 5.41) is 29.4. The zero-order valence-electron chi connectivity index (χ0n) is 25.0. The van der Waals surface area contributed by atoms with E-state index in [1.165, 1.54) is 12.1 Å². The minimum atomic E-state index is -1.64. The lowest BCUT2D eigenvalue weighted by molar-refractivity contribution is -0.143. The number of aromatic hydroxyl groups is 1. The monoisotopic (exact) mass is 687 g/mol. The van der Waals surface area contributed by atoms with Gasteiger partial charge in [-0.1, -0.05) is 30.3 Å². The van der Waals surface area contributed by atoms with Gasteiger partial charge in [-0.15, -0.1) is 0 Å². The zero-order chi connectivity index (χ0) is 34.7. The van der Waals surface area contributed by atoms with Crippen molar-refractivity contribution in [3.63, 3.8) is 0 Å². The summed E-state index contributed by atoms with van der Waals surface area (Å²) in [5.74, 6) is -5.99. The van der Waals surface area contributed by atoms with Gasteiger partial charge in [0.1, 0.15) is 29.9 Å². The molecule has 2 aromatic carbocycles. The van der Waals surface area contributed by atoms with Gasteiger partial charge in [0.25, 0.3) is 0 Å². The van der Waals surface area contributed by atoms with Gasteiger partial charge >= 0.3 is 5.97 Å². The molecule has 0 saturated carbocycles. The lowest BCUT2D eigenvalue weighted by Crippen LogP contribution is -2.59. The van der Waals surface area contributed by atoms with E-state index in [1.54, 1.807) is 24.4 Å². The third-order valence-electron chi connectivity index (χ3n) is 7.11. The molecule has 47 heavy (non-hydrogen) atoms. The summed E-state index contributed by atoms with van der Waals surface area (Å²) in [4.78, 5) is 78.6. The smallest absolute Gasteiger partial charge is 0.326 e. The van der Waals surface area contributed by atoms with Gasteiger partial charge in [0.2, 0.25) is 29.5 Å². The number of H-pyrrole nitrogens is 1. The van der Waals surface area contributed by atoms with E-state index in [9.17, 15) is 39.0 Å². The van der Waals surface area contributed by atoms with E-state index in [0.29, 0.717) is 11.1 Å². The van der Waals surface area contributed by atoms with Crippen molar-refractivity contribution in [1.29, 1.82) is 0 Å². The Bertz CT molecular complexity index is 1600. The molecule has 5 atom stereocenters. The van der Waals surface area contributed by atoms with E-state index >= 15 is 0 Å². The molecule has 3 rings (SSSR count). The van der Waals surface area contributed by atoms with Crippen LogP contribution in [-0.4, -0.2) is 92.4 Å². The van der Waals surface area contributed by atoms with E-state index in [2.05, 4.69) is 51.5 Å². The van der Waals surface area contributed by atoms with Gasteiger partial charge in [0, 0.05) is 35.0 Å². The third-order valence-corrected chi connectivity index (χ3v) is 7.84. The number of thiol groups is 2. The number of nitrogens with one attached hydrogen (secondary N) is 5. The number of phenolic OH excluding ortho intramolecular Hbond substituents is 1. The Morgan fingerprint density at radius 2 is 1.28 bits per heavy atom. The lowest BCUT2D eigenvalue weighted by Gasteiger charge is -2.25. The van der Waals surface area contributed by atoms with E-state index in [1.807, 2.05) is 18.2 Å². The van der Waals surface area contributed by atoms with E-state index < -0.39 is 72.1 Å². The van der Waals surface area contributed by atoms with Gasteiger partial charge in [-0.3, -0.25) is 24.0 Å². The van der Waals surface area contributed by atoms with Crippen LogP contribution in [-0.2, 0) is 41.6 Å². The SMILES string of the molecule is NC(=O)CC(NC(=O)C(CS)NC(=O)C(Cc1c[nH]c2ccccc12)NC(=O)C(CS)NC(=O)C(N)Cc1ccc(O)cc1)C(=O)O. The highest BCUT2D eigenvalue weighted by Crippen LogP contribution is 2.19. The Kier molecular flexibility index (Phi) is 13.5. The molecule has 3 aromatic rings. The number of benzene rings is 2. The van der Waals surface area contributed by atoms with Crippen LogP contribution in [0.5, 0.6) is 5.75 Å². The zero-order valence-corrected chi connectivity index (χ0v) is 26.8. The number of fused-ring (bicyclic) bond motifs is 1. The highest BCUT2D eigenvalue weighted by atomic mass is 32.1. The average molecular weight is 688 g/mol. The third kappa shape index (κ3) is 10.7. The summed E-state index contributed by atoms with van der Waals surface area (Å²) < 4.78 is 0. The maximum absolute atomic E-state index is 13.6. The first-order chi connectivity index (χ1) is 22.3. The van der Waals surface area contributed by atoms with Crippen LogP contribution in [0.25, 0.3) is 10.9 Å². The van der Waals surface area contributed by atoms with Gasteiger partial charge in [-0.25, -0.2) is 4.79 Å². The molecule has 0 saturated heterocycles. The van der Waals surface area contributed by atoms with Crippen LogP contribution >= 0.6 is 25.3 Å². The van der Waals surface area contributed by atoms with Gasteiger partial charge in [0.15, 0.2) is 0 Å². The average Bonchev–Trinajstić information content (AvgIpc) is 3.44. The molecule has 252 valence electrons. The van der Waals surface area contributed by atoms with Crippen molar-refractivity contribution < 1.29 is 39.0 Å². The van der Waals surface area contributed by atoms with Crippen molar-refractivity contribution in [2.75, 3.05) is 11.5 Å². The molecule has 5 unspecified atom stereocenters. The molecule has 5 amide bonds. The molecule has 11 N–H and O–H groups in total. The Hall–Kier alpha value is -4.74. The number of nitrogens with two attached hydrogens (primary N) is 2. The minimum absolute atomic E-state index is 0.0461. The highest BCUT2D eigenvalue weighted by molar-refractivity contribution is 7.80. The van der Waals surface area contributed by atoms with Gasteiger partial charge in [-0.2, -0.15) is 25.3 Å². The number of rotatable bonds is 17. The van der Waals surface area contributed by atoms with Gasteiger partial charge < -0.3 is 47.9 Å². The Morgan fingerprint density at radius 3 is 1.85 bits per heavy atom. The largest absolute Gasteiger partial charge is 0.508 e. The molecule has 15 nitrogen and oxygen atoms in total. The van der Waals surface area contributed by atoms with Crippen LogP contribution in [0, 0.1) is 0 Å². The Balaban J connectivity index is 1.78. The number of carbonyl (C=O) groups excluding carboxylic acids is 5. The number of carboxylic acid groups (broad SMARTS) is 1. The highest BCUT2D eigenvalue weighted by Gasteiger charge is 2.32. The molecular weight excluding hydrogens is 651 g/mol. The number of amides is 5. The van der Waals surface area contributed by atoms with Gasteiger partial charge in [-0.05, 0) is 35.7 Å². The number of para-hydroxylation sites is 1. The molecule has 0 aliphatic carbocycles. The van der Waals surface area contributed by atoms with Crippen LogP contribution in [0.4, 0.5) is 0 Å². The normalized spacial score (nSPS) is 14.2. The van der Waals surface area contributed by atoms with Crippen molar-refractivity contribution in [1.82, 2.24) is 26.3 Å². The molecule has 0 bridgehead atoms. The predicted molar refractivity (Wildman–Crippen MR) is 179 cm³/mol. The maximum atomic E-state index is 13.6. The number of phenols is 1. The van der Waals surface area contributed by atoms with Crippen LogP contribution < -0.4 is 32.7 Å². The predicted octanol–water partition coefficient (Wildman–Crippen LogP) is -1.26. The molecule has 1 heterocycles. The summed E-state index contributed by atoms with van der Waals surface area (Å²) in [7, 11) is 0. The summed E-state index contributed by atoms with van der Waals surface area (Å²) in [6, 6.07) is 6.85. The van der Waals surface area contributed by atoms with E-state index in [-0.39, 0.29) is 30.1 Å². The van der Waals surface area contributed by atoms with Crippen LogP contribution in [0.15, 0.2) is 54.7 Å². The number of hydrogen-bond acceptors (Lipinski definition) is 10. The summed E-state index contributed by atoms with van der Waals surface area (Å²) in [6.45, 7) is 0. The van der Waals surface area contributed by atoms with Crippen molar-refractivity contribution in [3.05, 3.63) is 65.9 Å². The number of aliphatic carboxylic acids is 1. The number of aromatic amines is 1. The van der Waals surface area contributed by atoms with Crippen LogP contribution in [0.3, 0.4) is 0 Å². The molecule has 0 fully saturated rings. The first kappa shape index (κ1) is 36.7. The second-order valence-corrected chi connectivity index (χ2v) is 11.4. The summed E-state index contributed by atoms with van der Waals surface area (Å²) >= 11 is 8.30. The Morgan fingerprint density at radius 1 is 0.745 bits per heavy atom. The number of aromatic nitrogens is 1. The lowest BCUT2D eigenvalue weighted by atomic mass is 10.0. The molecular formula is C30H37N7O8S2. The van der Waals surface area contributed by atoms with Crippen molar-refractivity contribution >= 4 is 71.7 Å². The van der Waals surface area contributed by atoms with Crippen molar-refractivity contribution in [3.8, 4) is 5.75 Å². The number of hydrogen-bond donors (Lipinski definition) is 11. The van der Waals surface area contributed by atoms with Crippen molar-refractivity contribution in [2.24, 2.45) is 11.5 Å². The number of carboxylic acids is 1. The fourth-order valence-electron chi connectivity index (χ4n) is 4.59. The Labute approximate surface area is 280 Å². The topological polar surface area (TPSA) is 259 Å². The fraction of sp³-hybridized carbons (Fsp3) is 0.333. The molecule has 0 aliphatic rings. The first-order valence-electron chi connectivity index (χ1n) is 14.4. The summed E-state index contributed by atoms with van der Waals surface area (Å²) in [5.41, 5.74) is 13.2. The molecule has 17 heteroatoms. The number of carbonyl (C=O) groups is 6. The number of primary amides is 1. The van der Waals surface area contributed by atoms with Crippen LogP contribution in [0.1, 0.15) is 17.5 Å². The molecule has 0 spiro atoms. The van der Waals surface area contributed by atoms with Crippen molar-refractivity contribution in [2.45, 2.75) is 49.5 Å². The fourth-order valence-corrected chi connectivity index (χ4v) is 5.11. The minimum Gasteiger partial charge on any atom is -0.508 e. The molecule has 0 aliphatic heterocycles. The second kappa shape index (κ2) is 17.3. The van der Waals surface area contributed by atoms with Crippen LogP contribution in [0.2, 0.25) is 0 Å². The summed E-state index contributed by atoms with van der Waals surface area (Å²) in [6.07, 6.45) is 1.06. The maximum Gasteiger partial charge on any atom is 0.326 e. The molecule has 0 radical (unpaired) electrons. The molecule has 1 aromatic heterocycles. The van der Waals surface area contributed by atoms with E-state index in [0.717, 1.165) is 10.9 Å². The second-order valence-electron chi connectivity index (χ2n) is 10.7. The van der Waals surface area contributed by atoms with E-state index in [4.69, 9.17) is 11.5 Å². The van der Waals surface area contributed by atoms with Gasteiger partial charge in [0.05, 0.1) is 12.5 Å². The first-order valence-corrected chi connectivity index (χ1v) is 15.6. The quantitative estimate of drug-likeness (QED) is 0.0757. The standard InChI is InChI=1S/C30H37N7O8S2/c31-19(9-15-5-7-17(38)8-6-15)26(40)36-23(13-46)28(42)34-21(10-16-12-33-20-4-2-1-3-18(16)20)27(41)37-24(14-47)29(43)35-22(30(44)45)11-25(32)39/h1-8,12,19,21-24,33,38,46-47H,9-11,13-14,31H2,(H2,32,39)(H,34,42)(H,35,43)(H,36,40)(H,37,41)(H,44,45).